The molecule has 14 heavy (non-hydrogen) atoms. The van der Waals surface area contributed by atoms with Gasteiger partial charge in [0.25, 0.3) is 0 Å². The van der Waals surface area contributed by atoms with Gasteiger partial charge in [0.05, 0.1) is 0 Å². The Labute approximate surface area is 85.0 Å². The maximum absolute atomic E-state index is 11.3. The van der Waals surface area contributed by atoms with Crippen molar-refractivity contribution in [3.8, 4) is 0 Å². The van der Waals surface area contributed by atoms with Crippen molar-refractivity contribution in [3.05, 3.63) is 0 Å². The molecule has 0 aromatic carbocycles. The lowest BCUT2D eigenvalue weighted by Gasteiger charge is -2.18. The molecule has 2 aliphatic rings. The summed E-state index contributed by atoms with van der Waals surface area (Å²) in [5.74, 6) is 1.12. The highest BCUT2D eigenvalue weighted by atomic mass is 16.2. The third-order valence-corrected chi connectivity index (χ3v) is 3.02. The normalized spacial score (nSPS) is 30.4. The van der Waals surface area contributed by atoms with Crippen LogP contribution >= 0.6 is 0 Å². The highest BCUT2D eigenvalue weighted by Gasteiger charge is 2.29. The number of nitrogens with zero attached hydrogens (tertiary/aromatic N) is 1. The monoisotopic (exact) mass is 194 g/mol. The zero-order valence-corrected chi connectivity index (χ0v) is 8.75. The fourth-order valence-corrected chi connectivity index (χ4v) is 1.93. The van der Waals surface area contributed by atoms with E-state index in [2.05, 4.69) is 17.5 Å². The van der Waals surface area contributed by atoms with E-state index in [1.165, 1.54) is 18.6 Å². The van der Waals surface area contributed by atoms with Crippen LogP contribution in [0.5, 0.6) is 0 Å². The summed E-state index contributed by atoms with van der Waals surface area (Å²) in [6.45, 7) is 2.25. The van der Waals surface area contributed by atoms with Gasteiger partial charge in [-0.15, -0.1) is 0 Å². The molecule has 1 unspecified atom stereocenters. The fourth-order valence-electron chi connectivity index (χ4n) is 1.93. The predicted octanol–water partition coefficient (Wildman–Crippen LogP) is 2.08. The lowest BCUT2D eigenvalue weighted by atomic mass is 9.89. The molecular formula is C11H18N2O. The Morgan fingerprint density at radius 3 is 2.86 bits per heavy atom. The van der Waals surface area contributed by atoms with Crippen molar-refractivity contribution < 1.29 is 4.79 Å². The average Bonchev–Trinajstić information content (AvgIpc) is 2.97. The van der Waals surface area contributed by atoms with Gasteiger partial charge < -0.3 is 0 Å². The van der Waals surface area contributed by atoms with Crippen molar-refractivity contribution >= 4 is 11.6 Å². The van der Waals surface area contributed by atoms with Crippen molar-refractivity contribution in [2.24, 2.45) is 16.9 Å². The molecule has 3 nitrogen and oxygen atoms in total. The van der Waals surface area contributed by atoms with Crippen LogP contribution in [0.3, 0.4) is 0 Å². The summed E-state index contributed by atoms with van der Waals surface area (Å²) in [7, 11) is 0. The SMILES string of the molecule is CC1CCC/C(=N/NC(=O)C2CC2)C1. The first-order valence-corrected chi connectivity index (χ1v) is 5.61. The molecule has 2 aliphatic carbocycles. The Kier molecular flexibility index (Phi) is 2.85. The van der Waals surface area contributed by atoms with E-state index < -0.39 is 0 Å². The minimum Gasteiger partial charge on any atom is -0.273 e. The number of hydrogen-bond donors (Lipinski definition) is 1. The molecule has 0 saturated heterocycles. The molecule has 0 aromatic rings. The van der Waals surface area contributed by atoms with Crippen LogP contribution < -0.4 is 5.43 Å². The molecule has 78 valence electrons. The first-order valence-electron chi connectivity index (χ1n) is 5.61. The third-order valence-electron chi connectivity index (χ3n) is 3.02. The van der Waals surface area contributed by atoms with Gasteiger partial charge in [0, 0.05) is 11.6 Å². The van der Waals surface area contributed by atoms with Crippen molar-refractivity contribution in [1.29, 1.82) is 0 Å². The minimum absolute atomic E-state index is 0.121. The fraction of sp³-hybridized carbons (Fsp3) is 0.818. The largest absolute Gasteiger partial charge is 0.273 e. The van der Waals surface area contributed by atoms with E-state index in [4.69, 9.17) is 0 Å². The maximum atomic E-state index is 11.3. The number of hydrazone groups is 1. The second-order valence-electron chi connectivity index (χ2n) is 4.63. The molecule has 1 atom stereocenters. The lowest BCUT2D eigenvalue weighted by molar-refractivity contribution is -0.122. The van der Waals surface area contributed by atoms with Crippen LogP contribution in [0.25, 0.3) is 0 Å². The Morgan fingerprint density at radius 1 is 1.43 bits per heavy atom. The Bertz CT molecular complexity index is 256. The van der Waals surface area contributed by atoms with Crippen LogP contribution in [0.15, 0.2) is 5.10 Å². The molecule has 1 amide bonds. The van der Waals surface area contributed by atoms with E-state index >= 15 is 0 Å². The van der Waals surface area contributed by atoms with Gasteiger partial charge in [-0.25, -0.2) is 5.43 Å². The minimum atomic E-state index is 0.121. The van der Waals surface area contributed by atoms with E-state index in [1.807, 2.05) is 0 Å². The molecule has 0 aliphatic heterocycles. The van der Waals surface area contributed by atoms with Gasteiger partial charge in [0.15, 0.2) is 0 Å². The molecule has 0 bridgehead atoms. The summed E-state index contributed by atoms with van der Waals surface area (Å²) >= 11 is 0. The van der Waals surface area contributed by atoms with Gasteiger partial charge in [0.2, 0.25) is 5.91 Å². The standard InChI is InChI=1S/C11H18N2O/c1-8-3-2-4-10(7-8)12-13-11(14)9-5-6-9/h8-9H,2-7H2,1H3,(H,13,14)/b12-10-. The van der Waals surface area contributed by atoms with Crippen molar-refractivity contribution in [2.75, 3.05) is 0 Å². The summed E-state index contributed by atoms with van der Waals surface area (Å²) in [4.78, 5) is 11.3. The van der Waals surface area contributed by atoms with Crippen LogP contribution in [0.4, 0.5) is 0 Å². The van der Waals surface area contributed by atoms with E-state index in [0.29, 0.717) is 0 Å². The highest BCUT2D eigenvalue weighted by molar-refractivity contribution is 5.87. The van der Waals surface area contributed by atoms with E-state index in [1.54, 1.807) is 0 Å². The Hall–Kier alpha value is -0.860. The maximum Gasteiger partial charge on any atom is 0.243 e. The summed E-state index contributed by atoms with van der Waals surface area (Å²) in [5, 5.41) is 4.21. The zero-order chi connectivity index (χ0) is 9.97. The van der Waals surface area contributed by atoms with Crippen LogP contribution in [-0.4, -0.2) is 11.6 Å². The topological polar surface area (TPSA) is 41.5 Å². The summed E-state index contributed by atoms with van der Waals surface area (Å²) in [6.07, 6.45) is 6.75. The Morgan fingerprint density at radius 2 is 2.21 bits per heavy atom. The number of carbonyl (C=O) groups is 1. The smallest absolute Gasteiger partial charge is 0.243 e. The molecule has 1 N–H and O–H groups in total. The Balaban J connectivity index is 1.80. The van der Waals surface area contributed by atoms with Gasteiger partial charge in [0.1, 0.15) is 0 Å². The van der Waals surface area contributed by atoms with E-state index in [0.717, 1.165) is 31.6 Å². The van der Waals surface area contributed by atoms with Crippen LogP contribution in [0.1, 0.15) is 45.4 Å². The number of carbonyl (C=O) groups excluding carboxylic acids is 1. The van der Waals surface area contributed by atoms with Gasteiger partial charge >= 0.3 is 0 Å². The molecule has 0 spiro atoms. The second-order valence-corrected chi connectivity index (χ2v) is 4.63. The van der Waals surface area contributed by atoms with Crippen LogP contribution in [-0.2, 0) is 4.79 Å². The molecule has 2 rings (SSSR count). The number of hydrogen-bond acceptors (Lipinski definition) is 2. The zero-order valence-electron chi connectivity index (χ0n) is 8.75. The second kappa shape index (κ2) is 4.11. The quantitative estimate of drug-likeness (QED) is 0.672. The summed E-state index contributed by atoms with van der Waals surface area (Å²) in [6, 6.07) is 0. The summed E-state index contributed by atoms with van der Waals surface area (Å²) < 4.78 is 0. The summed E-state index contributed by atoms with van der Waals surface area (Å²) in [5.41, 5.74) is 3.86. The predicted molar refractivity (Wildman–Crippen MR) is 55.9 cm³/mol. The van der Waals surface area contributed by atoms with E-state index in [9.17, 15) is 4.79 Å². The van der Waals surface area contributed by atoms with Crippen molar-refractivity contribution in [1.82, 2.24) is 5.43 Å². The number of amides is 1. The first kappa shape index (κ1) is 9.69. The first-order chi connectivity index (χ1) is 6.75. The molecule has 3 heteroatoms. The van der Waals surface area contributed by atoms with Gasteiger partial charge in [-0.2, -0.15) is 5.10 Å². The van der Waals surface area contributed by atoms with Crippen molar-refractivity contribution in [2.45, 2.75) is 45.4 Å². The molecule has 0 radical (unpaired) electrons. The van der Waals surface area contributed by atoms with Gasteiger partial charge in [-0.05, 0) is 44.4 Å². The number of nitrogens with one attached hydrogen (secondary N) is 1. The molecule has 2 fully saturated rings. The molecular weight excluding hydrogens is 176 g/mol. The third kappa shape index (κ3) is 2.56. The number of rotatable bonds is 2. The molecule has 2 saturated carbocycles. The lowest BCUT2D eigenvalue weighted by Crippen LogP contribution is -2.23. The van der Waals surface area contributed by atoms with Gasteiger partial charge in [-0.1, -0.05) is 6.92 Å². The van der Waals surface area contributed by atoms with Gasteiger partial charge in [-0.3, -0.25) is 4.79 Å². The molecule has 0 heterocycles. The molecule has 0 aromatic heterocycles. The highest BCUT2D eigenvalue weighted by Crippen LogP contribution is 2.28. The average molecular weight is 194 g/mol. The van der Waals surface area contributed by atoms with Crippen LogP contribution in [0.2, 0.25) is 0 Å². The van der Waals surface area contributed by atoms with E-state index in [-0.39, 0.29) is 11.8 Å². The van der Waals surface area contributed by atoms with Crippen LogP contribution in [0, 0.1) is 11.8 Å². The van der Waals surface area contributed by atoms with Crippen molar-refractivity contribution in [3.63, 3.8) is 0 Å².